The van der Waals surface area contributed by atoms with E-state index in [9.17, 15) is 17.6 Å². The molecule has 0 spiro atoms. The maximum absolute atomic E-state index is 13.4. The maximum Gasteiger partial charge on any atom is 0.241 e. The minimum atomic E-state index is -3.45. The fraction of sp³-hybridized carbons (Fsp3) is 0.643. The second-order valence-corrected chi connectivity index (χ2v) is 9.28. The number of thiophene rings is 1. The van der Waals surface area contributed by atoms with Crippen molar-refractivity contribution in [1.82, 2.24) is 5.32 Å². The van der Waals surface area contributed by atoms with E-state index in [0.717, 1.165) is 34.5 Å². The molecule has 1 atom stereocenters. The van der Waals surface area contributed by atoms with Crippen molar-refractivity contribution >= 4 is 27.1 Å². The van der Waals surface area contributed by atoms with E-state index in [-0.39, 0.29) is 11.7 Å². The molecule has 1 fully saturated rings. The molecule has 1 amide bonds. The lowest BCUT2D eigenvalue weighted by Crippen LogP contribution is -2.57. The number of ether oxygens (including phenoxy) is 1. The number of hydrogen-bond acceptors (Lipinski definition) is 5. The lowest BCUT2D eigenvalue weighted by atomic mass is 9.83. The Morgan fingerprint density at radius 3 is 2.86 bits per heavy atom. The number of amides is 1. The van der Waals surface area contributed by atoms with Gasteiger partial charge >= 0.3 is 0 Å². The quantitative estimate of drug-likeness (QED) is 0.898. The van der Waals surface area contributed by atoms with E-state index in [0.29, 0.717) is 25.9 Å². The highest BCUT2D eigenvalue weighted by atomic mass is 32.2. The molecule has 1 aliphatic heterocycles. The first-order valence-corrected chi connectivity index (χ1v) is 9.92. The van der Waals surface area contributed by atoms with Crippen LogP contribution in [0.5, 0.6) is 0 Å². The summed E-state index contributed by atoms with van der Waals surface area (Å²) in [6.45, 7) is 0.643. The molecule has 3 rings (SSSR count). The standard InChI is InChI=1S/C14H18FNO4S2/c1-22(18,19)14(4-2-5-14)13(17)16-8-10-9-7-12(15)21-11(9)3-6-20-10/h7,10H,2-6,8H2,1H3,(H,16,17). The fourth-order valence-corrected chi connectivity index (χ4v) is 5.39. The molecule has 1 unspecified atom stereocenters. The maximum atomic E-state index is 13.4. The summed E-state index contributed by atoms with van der Waals surface area (Å²) in [7, 11) is -3.45. The minimum Gasteiger partial charge on any atom is -0.371 e. The molecule has 0 saturated heterocycles. The smallest absolute Gasteiger partial charge is 0.241 e. The van der Waals surface area contributed by atoms with Gasteiger partial charge in [-0.1, -0.05) is 0 Å². The average molecular weight is 347 g/mol. The van der Waals surface area contributed by atoms with E-state index < -0.39 is 26.6 Å². The second-order valence-electron chi connectivity index (χ2n) is 5.87. The van der Waals surface area contributed by atoms with Crippen molar-refractivity contribution < 1.29 is 22.3 Å². The summed E-state index contributed by atoms with van der Waals surface area (Å²) in [5.74, 6) is -0.465. The molecule has 8 heteroatoms. The van der Waals surface area contributed by atoms with Crippen LogP contribution in [-0.4, -0.2) is 38.5 Å². The molecular formula is C14H18FNO4S2. The highest BCUT2D eigenvalue weighted by Gasteiger charge is 2.52. The van der Waals surface area contributed by atoms with Crippen LogP contribution in [0.3, 0.4) is 0 Å². The van der Waals surface area contributed by atoms with Crippen molar-refractivity contribution in [3.05, 3.63) is 21.6 Å². The van der Waals surface area contributed by atoms with Crippen LogP contribution in [0.4, 0.5) is 4.39 Å². The van der Waals surface area contributed by atoms with Gasteiger partial charge in [0.25, 0.3) is 0 Å². The summed E-state index contributed by atoms with van der Waals surface area (Å²) >= 11 is 1.10. The van der Waals surface area contributed by atoms with Crippen LogP contribution in [0.15, 0.2) is 6.07 Å². The molecule has 0 bridgehead atoms. The van der Waals surface area contributed by atoms with Gasteiger partial charge in [0.1, 0.15) is 10.9 Å². The van der Waals surface area contributed by atoms with Crippen molar-refractivity contribution in [3.8, 4) is 0 Å². The first-order chi connectivity index (χ1) is 10.3. The molecule has 1 N–H and O–H groups in total. The van der Waals surface area contributed by atoms with Gasteiger partial charge in [0.2, 0.25) is 5.91 Å². The topological polar surface area (TPSA) is 72.5 Å². The molecule has 22 heavy (non-hydrogen) atoms. The third kappa shape index (κ3) is 2.57. The van der Waals surface area contributed by atoms with E-state index in [1.165, 1.54) is 6.07 Å². The van der Waals surface area contributed by atoms with Gasteiger partial charge in [0, 0.05) is 24.1 Å². The number of carbonyl (C=O) groups excluding carboxylic acids is 1. The summed E-state index contributed by atoms with van der Waals surface area (Å²) in [5.41, 5.74) is 0.760. The van der Waals surface area contributed by atoms with Gasteiger partial charge < -0.3 is 10.1 Å². The molecule has 2 aliphatic rings. The Hall–Kier alpha value is -0.990. The molecule has 1 aliphatic carbocycles. The summed E-state index contributed by atoms with van der Waals surface area (Å²) in [4.78, 5) is 13.3. The Balaban J connectivity index is 1.70. The number of rotatable bonds is 4. The van der Waals surface area contributed by atoms with E-state index in [2.05, 4.69) is 5.32 Å². The lowest BCUT2D eigenvalue weighted by Gasteiger charge is -2.38. The van der Waals surface area contributed by atoms with Gasteiger partial charge in [-0.05, 0) is 30.9 Å². The van der Waals surface area contributed by atoms with Crippen molar-refractivity contribution in [3.63, 3.8) is 0 Å². The van der Waals surface area contributed by atoms with Crippen molar-refractivity contribution in [2.45, 2.75) is 36.5 Å². The normalized spacial score (nSPS) is 23.5. The van der Waals surface area contributed by atoms with Gasteiger partial charge in [-0.15, -0.1) is 11.3 Å². The van der Waals surface area contributed by atoms with E-state index in [1.807, 2.05) is 0 Å². The first-order valence-electron chi connectivity index (χ1n) is 7.21. The molecule has 0 aromatic carbocycles. The van der Waals surface area contributed by atoms with Gasteiger partial charge in [0.15, 0.2) is 15.0 Å². The molecule has 0 radical (unpaired) electrons. The summed E-state index contributed by atoms with van der Waals surface area (Å²) < 4.78 is 41.5. The SMILES string of the molecule is CS(=O)(=O)C1(C(=O)NCC2OCCc3sc(F)cc32)CCC1. The van der Waals surface area contributed by atoms with Crippen LogP contribution in [0.25, 0.3) is 0 Å². The lowest BCUT2D eigenvalue weighted by molar-refractivity contribution is -0.126. The van der Waals surface area contributed by atoms with Gasteiger partial charge in [-0.3, -0.25) is 4.79 Å². The zero-order chi connectivity index (χ0) is 16.0. The molecule has 1 aromatic rings. The summed E-state index contributed by atoms with van der Waals surface area (Å²) in [6.07, 6.45) is 2.82. The Morgan fingerprint density at radius 1 is 1.55 bits per heavy atom. The van der Waals surface area contributed by atoms with Crippen molar-refractivity contribution in [1.29, 1.82) is 0 Å². The van der Waals surface area contributed by atoms with Gasteiger partial charge in [-0.25, -0.2) is 8.42 Å². The zero-order valence-corrected chi connectivity index (χ0v) is 13.9. The molecule has 1 saturated carbocycles. The van der Waals surface area contributed by atoms with Crippen molar-refractivity contribution in [2.24, 2.45) is 0 Å². The highest BCUT2D eigenvalue weighted by Crippen LogP contribution is 2.39. The molecular weight excluding hydrogens is 329 g/mol. The van der Waals surface area contributed by atoms with E-state index >= 15 is 0 Å². The van der Waals surface area contributed by atoms with Crippen molar-refractivity contribution in [2.75, 3.05) is 19.4 Å². The van der Waals surface area contributed by atoms with E-state index in [1.54, 1.807) is 0 Å². The summed E-state index contributed by atoms with van der Waals surface area (Å²) in [5, 5.41) is 2.43. The predicted molar refractivity (Wildman–Crippen MR) is 81.1 cm³/mol. The third-order valence-electron chi connectivity index (χ3n) is 4.54. The summed E-state index contributed by atoms with van der Waals surface area (Å²) in [6, 6.07) is 1.44. The Morgan fingerprint density at radius 2 is 2.27 bits per heavy atom. The largest absolute Gasteiger partial charge is 0.371 e. The number of halogens is 1. The Bertz CT molecular complexity index is 694. The third-order valence-corrected chi connectivity index (χ3v) is 7.55. The van der Waals surface area contributed by atoms with Gasteiger partial charge in [-0.2, -0.15) is 4.39 Å². The monoisotopic (exact) mass is 347 g/mol. The van der Waals surface area contributed by atoms with Crippen LogP contribution in [0.1, 0.15) is 35.8 Å². The molecule has 122 valence electrons. The van der Waals surface area contributed by atoms with E-state index in [4.69, 9.17) is 4.74 Å². The molecule has 2 heterocycles. The number of nitrogens with one attached hydrogen (secondary N) is 1. The fourth-order valence-electron chi connectivity index (χ4n) is 3.04. The molecule has 5 nitrogen and oxygen atoms in total. The van der Waals surface area contributed by atoms with Crippen LogP contribution in [0, 0.1) is 5.13 Å². The van der Waals surface area contributed by atoms with Gasteiger partial charge in [0.05, 0.1) is 6.61 Å². The number of hydrogen-bond donors (Lipinski definition) is 1. The average Bonchev–Trinajstić information content (AvgIpc) is 2.73. The first kappa shape index (κ1) is 15.9. The highest BCUT2D eigenvalue weighted by molar-refractivity contribution is 7.93. The van der Waals surface area contributed by atoms with Crippen LogP contribution in [0.2, 0.25) is 0 Å². The van der Waals surface area contributed by atoms with Crippen LogP contribution < -0.4 is 5.32 Å². The Kier molecular flexibility index (Phi) is 4.03. The van der Waals surface area contributed by atoms with Crippen LogP contribution in [-0.2, 0) is 25.8 Å². The number of sulfone groups is 1. The second kappa shape index (κ2) is 5.58. The minimum absolute atomic E-state index is 0.166. The Labute approximate surface area is 132 Å². The predicted octanol–water partition coefficient (Wildman–Crippen LogP) is 1.58. The van der Waals surface area contributed by atoms with Crippen LogP contribution >= 0.6 is 11.3 Å². The zero-order valence-electron chi connectivity index (χ0n) is 12.2. The molecule has 1 aromatic heterocycles. The number of fused-ring (bicyclic) bond motifs is 1. The number of carbonyl (C=O) groups is 1.